The van der Waals surface area contributed by atoms with Crippen LogP contribution in [0.3, 0.4) is 0 Å². The summed E-state index contributed by atoms with van der Waals surface area (Å²) >= 11 is 0. The molecule has 0 aliphatic rings. The highest BCUT2D eigenvalue weighted by molar-refractivity contribution is 6.01. The lowest BCUT2D eigenvalue weighted by Gasteiger charge is -2.15. The average molecular weight is 348 g/mol. The lowest BCUT2D eigenvalue weighted by atomic mass is 10.1. The van der Waals surface area contributed by atoms with E-state index < -0.39 is 17.6 Å². The van der Waals surface area contributed by atoms with Crippen LogP contribution in [0.15, 0.2) is 36.4 Å². The molecule has 2 N–H and O–H groups in total. The van der Waals surface area contributed by atoms with Crippen molar-refractivity contribution in [2.45, 2.75) is 0 Å². The number of nitrogens with one attached hydrogen (secondary N) is 2. The van der Waals surface area contributed by atoms with Crippen LogP contribution >= 0.6 is 0 Å². The molecule has 0 bridgehead atoms. The Morgan fingerprint density at radius 2 is 1.40 bits per heavy atom. The summed E-state index contributed by atoms with van der Waals surface area (Å²) in [5, 5.41) is 0. The van der Waals surface area contributed by atoms with Gasteiger partial charge in [-0.05, 0) is 36.4 Å². The topological polar surface area (TPSA) is 85.9 Å². The molecule has 0 saturated heterocycles. The third-order valence-corrected chi connectivity index (χ3v) is 3.34. The van der Waals surface area contributed by atoms with Crippen molar-refractivity contribution in [3.63, 3.8) is 0 Å². The molecule has 0 fully saturated rings. The maximum absolute atomic E-state index is 12.9. The molecule has 0 radical (unpaired) electrons. The van der Waals surface area contributed by atoms with Crippen LogP contribution in [-0.2, 0) is 0 Å². The first kappa shape index (κ1) is 18.1. The summed E-state index contributed by atoms with van der Waals surface area (Å²) in [5.74, 6) is -0.860. The number of carbonyl (C=O) groups excluding carboxylic acids is 2. The Balaban J connectivity index is 2.15. The van der Waals surface area contributed by atoms with Gasteiger partial charge >= 0.3 is 0 Å². The fraction of sp³-hybridized carbons (Fsp3) is 0.176. The Hall–Kier alpha value is -3.29. The molecule has 0 unspecified atom stereocenters. The van der Waals surface area contributed by atoms with Crippen molar-refractivity contribution in [2.75, 3.05) is 21.3 Å². The summed E-state index contributed by atoms with van der Waals surface area (Å²) in [6, 6.07) is 7.90. The van der Waals surface area contributed by atoms with Gasteiger partial charge in [-0.3, -0.25) is 20.4 Å². The van der Waals surface area contributed by atoms with Gasteiger partial charge in [-0.2, -0.15) is 0 Å². The number of hydrazine groups is 1. The zero-order valence-electron chi connectivity index (χ0n) is 13.9. The van der Waals surface area contributed by atoms with Gasteiger partial charge < -0.3 is 14.2 Å². The second kappa shape index (κ2) is 8.00. The van der Waals surface area contributed by atoms with Crippen molar-refractivity contribution in [1.29, 1.82) is 0 Å². The Labute approximate surface area is 143 Å². The number of ether oxygens (including phenoxy) is 3. The largest absolute Gasteiger partial charge is 0.493 e. The van der Waals surface area contributed by atoms with Crippen LogP contribution in [0.4, 0.5) is 4.39 Å². The summed E-state index contributed by atoms with van der Waals surface area (Å²) in [6.07, 6.45) is 0. The summed E-state index contributed by atoms with van der Waals surface area (Å²) in [4.78, 5) is 24.3. The standard InChI is InChI=1S/C17H17FN2O5/c1-23-13-9-8-12(14(24-2)15(13)25-3)17(22)20-19-16(21)10-4-6-11(18)7-5-10/h4-9H,1-3H3,(H,19,21)(H,20,22). The molecular weight excluding hydrogens is 331 g/mol. The number of amides is 2. The zero-order chi connectivity index (χ0) is 18.4. The molecule has 0 heterocycles. The van der Waals surface area contributed by atoms with Crippen molar-refractivity contribution in [1.82, 2.24) is 10.9 Å². The van der Waals surface area contributed by atoms with Crippen LogP contribution in [0.2, 0.25) is 0 Å². The number of methoxy groups -OCH3 is 3. The van der Waals surface area contributed by atoms with Crippen molar-refractivity contribution in [2.24, 2.45) is 0 Å². The first-order valence-electron chi connectivity index (χ1n) is 7.17. The quantitative estimate of drug-likeness (QED) is 0.807. The predicted octanol–water partition coefficient (Wildman–Crippen LogP) is 1.93. The first-order valence-corrected chi connectivity index (χ1v) is 7.17. The second-order valence-electron chi connectivity index (χ2n) is 4.80. The minimum absolute atomic E-state index is 0.138. The minimum atomic E-state index is -0.617. The number of rotatable bonds is 5. The Kier molecular flexibility index (Phi) is 5.78. The van der Waals surface area contributed by atoms with Crippen molar-refractivity contribution in [3.8, 4) is 17.2 Å². The molecular formula is C17H17FN2O5. The molecule has 2 aromatic rings. The molecule has 0 aliphatic heterocycles. The van der Waals surface area contributed by atoms with Crippen molar-refractivity contribution in [3.05, 3.63) is 53.3 Å². The Bertz CT molecular complexity index is 777. The highest BCUT2D eigenvalue weighted by Gasteiger charge is 2.21. The van der Waals surface area contributed by atoms with E-state index in [-0.39, 0.29) is 22.6 Å². The van der Waals surface area contributed by atoms with Gasteiger partial charge in [-0.15, -0.1) is 0 Å². The molecule has 8 heteroatoms. The van der Waals surface area contributed by atoms with E-state index in [1.807, 2.05) is 0 Å². The van der Waals surface area contributed by atoms with Crippen molar-refractivity contribution < 1.29 is 28.2 Å². The molecule has 2 rings (SSSR count). The summed E-state index contributed by atoms with van der Waals surface area (Å²) in [7, 11) is 4.25. The van der Waals surface area contributed by atoms with Gasteiger partial charge in [-0.25, -0.2) is 4.39 Å². The number of hydrogen-bond acceptors (Lipinski definition) is 5. The zero-order valence-corrected chi connectivity index (χ0v) is 13.9. The number of hydrogen-bond donors (Lipinski definition) is 2. The summed E-state index contributed by atoms with van der Waals surface area (Å²) in [5.41, 5.74) is 4.85. The fourth-order valence-corrected chi connectivity index (χ4v) is 2.13. The SMILES string of the molecule is COc1ccc(C(=O)NNC(=O)c2ccc(F)cc2)c(OC)c1OC. The van der Waals surface area contributed by atoms with Crippen LogP contribution in [0, 0.1) is 5.82 Å². The van der Waals surface area contributed by atoms with E-state index in [2.05, 4.69) is 10.9 Å². The summed E-state index contributed by atoms with van der Waals surface area (Å²) < 4.78 is 28.4. The third kappa shape index (κ3) is 3.97. The molecule has 132 valence electrons. The van der Waals surface area contributed by atoms with Gasteiger partial charge in [0.15, 0.2) is 11.5 Å². The molecule has 0 atom stereocenters. The maximum atomic E-state index is 12.9. The second-order valence-corrected chi connectivity index (χ2v) is 4.80. The maximum Gasteiger partial charge on any atom is 0.273 e. The molecule has 0 saturated carbocycles. The van der Waals surface area contributed by atoms with Gasteiger partial charge in [0, 0.05) is 5.56 Å². The molecule has 0 aliphatic carbocycles. The van der Waals surface area contributed by atoms with Crippen LogP contribution in [0.1, 0.15) is 20.7 Å². The van der Waals surface area contributed by atoms with E-state index in [0.29, 0.717) is 5.75 Å². The Morgan fingerprint density at radius 3 is 1.96 bits per heavy atom. The molecule has 0 spiro atoms. The van der Waals surface area contributed by atoms with Gasteiger partial charge in [-0.1, -0.05) is 0 Å². The van der Waals surface area contributed by atoms with Gasteiger partial charge in [0.05, 0.1) is 26.9 Å². The number of benzene rings is 2. The van der Waals surface area contributed by atoms with Crippen molar-refractivity contribution >= 4 is 11.8 Å². The van der Waals surface area contributed by atoms with E-state index in [1.165, 1.54) is 45.6 Å². The summed E-state index contributed by atoms with van der Waals surface area (Å²) in [6.45, 7) is 0. The van der Waals surface area contributed by atoms with Crippen LogP contribution in [-0.4, -0.2) is 33.1 Å². The smallest absolute Gasteiger partial charge is 0.273 e. The monoisotopic (exact) mass is 348 g/mol. The van der Waals surface area contributed by atoms with Crippen LogP contribution in [0.25, 0.3) is 0 Å². The van der Waals surface area contributed by atoms with Gasteiger partial charge in [0.25, 0.3) is 11.8 Å². The van der Waals surface area contributed by atoms with Gasteiger partial charge in [0.2, 0.25) is 5.75 Å². The first-order chi connectivity index (χ1) is 12.0. The lowest BCUT2D eigenvalue weighted by molar-refractivity contribution is 0.0844. The number of halogens is 1. The average Bonchev–Trinajstić information content (AvgIpc) is 2.64. The van der Waals surface area contributed by atoms with Crippen LogP contribution < -0.4 is 25.1 Å². The molecule has 2 aromatic carbocycles. The Morgan fingerprint density at radius 1 is 0.800 bits per heavy atom. The highest BCUT2D eigenvalue weighted by atomic mass is 19.1. The molecule has 25 heavy (non-hydrogen) atoms. The van der Waals surface area contributed by atoms with Gasteiger partial charge in [0.1, 0.15) is 5.82 Å². The fourth-order valence-electron chi connectivity index (χ4n) is 2.13. The molecule has 0 aromatic heterocycles. The van der Waals surface area contributed by atoms with E-state index in [1.54, 1.807) is 0 Å². The third-order valence-electron chi connectivity index (χ3n) is 3.34. The van der Waals surface area contributed by atoms with E-state index in [9.17, 15) is 14.0 Å². The predicted molar refractivity (Wildman–Crippen MR) is 87.4 cm³/mol. The van der Waals surface area contributed by atoms with E-state index in [4.69, 9.17) is 14.2 Å². The minimum Gasteiger partial charge on any atom is -0.493 e. The van der Waals surface area contributed by atoms with Crippen LogP contribution in [0.5, 0.6) is 17.2 Å². The van der Waals surface area contributed by atoms with E-state index in [0.717, 1.165) is 12.1 Å². The normalized spacial score (nSPS) is 9.92. The highest BCUT2D eigenvalue weighted by Crippen LogP contribution is 2.39. The van der Waals surface area contributed by atoms with E-state index >= 15 is 0 Å². The molecule has 7 nitrogen and oxygen atoms in total. The number of carbonyl (C=O) groups is 2. The lowest BCUT2D eigenvalue weighted by Crippen LogP contribution is -2.41. The molecule has 2 amide bonds.